The highest BCUT2D eigenvalue weighted by Crippen LogP contribution is 2.22. The third-order valence-electron chi connectivity index (χ3n) is 2.59. The van der Waals surface area contributed by atoms with Crippen LogP contribution in [0.3, 0.4) is 0 Å². The average Bonchev–Trinajstić information content (AvgIpc) is 2.78. The zero-order valence-electron chi connectivity index (χ0n) is 8.59. The summed E-state index contributed by atoms with van der Waals surface area (Å²) in [5.74, 6) is -0.797. The van der Waals surface area contributed by atoms with E-state index in [9.17, 15) is 9.18 Å². The number of hydrogen-bond donors (Lipinski definition) is 2. The van der Waals surface area contributed by atoms with Crippen molar-refractivity contribution in [3.8, 4) is 0 Å². The Bertz CT molecular complexity index is 405. The van der Waals surface area contributed by atoms with Crippen molar-refractivity contribution in [1.29, 1.82) is 0 Å². The molecule has 5 heteroatoms. The Morgan fingerprint density at radius 2 is 2.38 bits per heavy atom. The van der Waals surface area contributed by atoms with E-state index in [1.165, 1.54) is 12.1 Å². The van der Waals surface area contributed by atoms with Crippen LogP contribution in [0.25, 0.3) is 0 Å². The average molecular weight is 243 g/mol. The Kier molecular flexibility index (Phi) is 3.41. The van der Waals surface area contributed by atoms with Gasteiger partial charge in [-0.05, 0) is 31.5 Å². The number of rotatable bonds is 2. The lowest BCUT2D eigenvalue weighted by molar-refractivity contribution is -0.117. The molecule has 0 aliphatic carbocycles. The predicted molar refractivity (Wildman–Crippen MR) is 61.1 cm³/mol. The summed E-state index contributed by atoms with van der Waals surface area (Å²) in [5, 5.41) is 5.59. The van der Waals surface area contributed by atoms with Gasteiger partial charge in [-0.2, -0.15) is 0 Å². The monoisotopic (exact) mass is 242 g/mol. The van der Waals surface area contributed by atoms with Crippen LogP contribution in [0.5, 0.6) is 0 Å². The van der Waals surface area contributed by atoms with E-state index >= 15 is 0 Å². The van der Waals surface area contributed by atoms with Crippen LogP contribution in [0.15, 0.2) is 18.2 Å². The molecule has 1 amide bonds. The quantitative estimate of drug-likeness (QED) is 0.835. The second-order valence-electron chi connectivity index (χ2n) is 3.74. The van der Waals surface area contributed by atoms with Gasteiger partial charge in [0.2, 0.25) is 5.91 Å². The van der Waals surface area contributed by atoms with Crippen molar-refractivity contribution in [3.05, 3.63) is 29.0 Å². The van der Waals surface area contributed by atoms with Crippen LogP contribution in [0, 0.1) is 5.82 Å². The van der Waals surface area contributed by atoms with Crippen molar-refractivity contribution < 1.29 is 9.18 Å². The van der Waals surface area contributed by atoms with Gasteiger partial charge in [-0.1, -0.05) is 17.7 Å². The zero-order valence-corrected chi connectivity index (χ0v) is 9.35. The molecule has 0 bridgehead atoms. The summed E-state index contributed by atoms with van der Waals surface area (Å²) in [7, 11) is 0. The van der Waals surface area contributed by atoms with E-state index < -0.39 is 5.82 Å². The van der Waals surface area contributed by atoms with E-state index in [-0.39, 0.29) is 22.7 Å². The Balaban J connectivity index is 2.08. The highest BCUT2D eigenvalue weighted by molar-refractivity contribution is 6.31. The Morgan fingerprint density at radius 1 is 1.56 bits per heavy atom. The van der Waals surface area contributed by atoms with Gasteiger partial charge in [-0.3, -0.25) is 4.79 Å². The first kappa shape index (κ1) is 11.4. The van der Waals surface area contributed by atoms with Crippen LogP contribution in [0.2, 0.25) is 5.02 Å². The van der Waals surface area contributed by atoms with Crippen molar-refractivity contribution >= 4 is 23.2 Å². The Morgan fingerprint density at radius 3 is 3.06 bits per heavy atom. The molecule has 0 radical (unpaired) electrons. The molecular weight excluding hydrogens is 231 g/mol. The fourth-order valence-corrected chi connectivity index (χ4v) is 1.90. The summed E-state index contributed by atoms with van der Waals surface area (Å²) >= 11 is 5.62. The highest BCUT2D eigenvalue weighted by atomic mass is 35.5. The van der Waals surface area contributed by atoms with Gasteiger partial charge in [-0.25, -0.2) is 4.39 Å². The van der Waals surface area contributed by atoms with Crippen LogP contribution in [0.4, 0.5) is 10.1 Å². The minimum Gasteiger partial charge on any atom is -0.322 e. The summed E-state index contributed by atoms with van der Waals surface area (Å²) in [4.78, 5) is 11.7. The largest absolute Gasteiger partial charge is 0.322 e. The lowest BCUT2D eigenvalue weighted by Gasteiger charge is -2.11. The lowest BCUT2D eigenvalue weighted by atomic mass is 10.2. The minimum absolute atomic E-state index is 0.0113. The number of carbonyl (C=O) groups is 1. The molecule has 1 fully saturated rings. The number of anilines is 1. The number of amides is 1. The molecule has 0 spiro atoms. The fraction of sp³-hybridized carbons (Fsp3) is 0.364. The number of hydrogen-bond acceptors (Lipinski definition) is 2. The molecule has 1 saturated heterocycles. The van der Waals surface area contributed by atoms with Gasteiger partial charge < -0.3 is 10.6 Å². The van der Waals surface area contributed by atoms with E-state index in [0.717, 1.165) is 19.4 Å². The third-order valence-corrected chi connectivity index (χ3v) is 2.88. The van der Waals surface area contributed by atoms with Crippen LogP contribution < -0.4 is 10.6 Å². The van der Waals surface area contributed by atoms with E-state index in [2.05, 4.69) is 10.6 Å². The summed E-state index contributed by atoms with van der Waals surface area (Å²) < 4.78 is 13.5. The maximum Gasteiger partial charge on any atom is 0.241 e. The lowest BCUT2D eigenvalue weighted by Crippen LogP contribution is -2.35. The molecule has 0 aromatic heterocycles. The van der Waals surface area contributed by atoms with Gasteiger partial charge in [0, 0.05) is 0 Å². The topological polar surface area (TPSA) is 41.1 Å². The molecular formula is C11H12ClFN2O. The molecule has 16 heavy (non-hydrogen) atoms. The zero-order chi connectivity index (χ0) is 11.5. The normalized spacial score (nSPS) is 19.8. The SMILES string of the molecule is O=C(Nc1cccc(Cl)c1F)C1CCCN1. The van der Waals surface area contributed by atoms with Crippen LogP contribution in [0.1, 0.15) is 12.8 Å². The highest BCUT2D eigenvalue weighted by Gasteiger charge is 2.22. The van der Waals surface area contributed by atoms with E-state index in [0.29, 0.717) is 0 Å². The van der Waals surface area contributed by atoms with Gasteiger partial charge in [0.05, 0.1) is 16.8 Å². The van der Waals surface area contributed by atoms with Crippen molar-refractivity contribution in [3.63, 3.8) is 0 Å². The number of carbonyl (C=O) groups excluding carboxylic acids is 1. The van der Waals surface area contributed by atoms with Gasteiger partial charge in [0.15, 0.2) is 5.82 Å². The van der Waals surface area contributed by atoms with E-state index in [1.54, 1.807) is 6.07 Å². The molecule has 1 unspecified atom stereocenters. The van der Waals surface area contributed by atoms with Crippen LogP contribution in [-0.4, -0.2) is 18.5 Å². The van der Waals surface area contributed by atoms with Crippen molar-refractivity contribution in [2.24, 2.45) is 0 Å². The van der Waals surface area contributed by atoms with Crippen molar-refractivity contribution in [1.82, 2.24) is 5.32 Å². The molecule has 2 rings (SSSR count). The van der Waals surface area contributed by atoms with Gasteiger partial charge >= 0.3 is 0 Å². The first-order valence-corrected chi connectivity index (χ1v) is 5.54. The maximum atomic E-state index is 13.5. The molecule has 1 aliphatic rings. The molecule has 86 valence electrons. The van der Waals surface area contributed by atoms with Gasteiger partial charge in [0.1, 0.15) is 0 Å². The number of nitrogens with one attached hydrogen (secondary N) is 2. The molecule has 3 nitrogen and oxygen atoms in total. The summed E-state index contributed by atoms with van der Waals surface area (Å²) in [5.41, 5.74) is 0.131. The minimum atomic E-state index is -0.587. The molecule has 1 heterocycles. The maximum absolute atomic E-state index is 13.5. The molecule has 0 saturated carbocycles. The summed E-state index contributed by atoms with van der Waals surface area (Å²) in [6.07, 6.45) is 1.75. The number of halogens is 2. The van der Waals surface area contributed by atoms with Crippen molar-refractivity contribution in [2.75, 3.05) is 11.9 Å². The first-order chi connectivity index (χ1) is 7.68. The van der Waals surface area contributed by atoms with Gasteiger partial charge in [0.25, 0.3) is 0 Å². The third kappa shape index (κ3) is 2.33. The van der Waals surface area contributed by atoms with Crippen LogP contribution in [-0.2, 0) is 4.79 Å². The van der Waals surface area contributed by atoms with Crippen LogP contribution >= 0.6 is 11.6 Å². The smallest absolute Gasteiger partial charge is 0.241 e. The second kappa shape index (κ2) is 4.80. The van der Waals surface area contributed by atoms with Crippen molar-refractivity contribution in [2.45, 2.75) is 18.9 Å². The number of benzene rings is 1. The standard InChI is InChI=1S/C11H12ClFN2O/c12-7-3-1-4-8(10(7)13)15-11(16)9-5-2-6-14-9/h1,3-4,9,14H,2,5-6H2,(H,15,16). The summed E-state index contributed by atoms with van der Waals surface area (Å²) in [6.45, 7) is 0.829. The fourth-order valence-electron chi connectivity index (χ4n) is 1.73. The first-order valence-electron chi connectivity index (χ1n) is 5.17. The Labute approximate surface area is 98.0 Å². The van der Waals surface area contributed by atoms with E-state index in [4.69, 9.17) is 11.6 Å². The van der Waals surface area contributed by atoms with E-state index in [1.807, 2.05) is 0 Å². The molecule has 1 aliphatic heterocycles. The molecule has 2 N–H and O–H groups in total. The molecule has 1 aromatic rings. The molecule has 1 aromatic carbocycles. The summed E-state index contributed by atoms with van der Waals surface area (Å²) in [6, 6.07) is 4.32. The Hall–Kier alpha value is -1.13. The van der Waals surface area contributed by atoms with Gasteiger partial charge in [-0.15, -0.1) is 0 Å². The second-order valence-corrected chi connectivity index (χ2v) is 4.15. The predicted octanol–water partition coefficient (Wildman–Crippen LogP) is 2.17. The molecule has 1 atom stereocenters.